The van der Waals surface area contributed by atoms with Gasteiger partial charge in [-0.1, -0.05) is 60.7 Å². The molecule has 1 atom stereocenters. The highest BCUT2D eigenvalue weighted by molar-refractivity contribution is 5.79. The van der Waals surface area contributed by atoms with Crippen molar-refractivity contribution < 1.29 is 4.74 Å². The van der Waals surface area contributed by atoms with Crippen molar-refractivity contribution in [3.05, 3.63) is 71.8 Å². The maximum atomic E-state index is 5.85. The second-order valence-corrected chi connectivity index (χ2v) is 7.23. The summed E-state index contributed by atoms with van der Waals surface area (Å²) in [4.78, 5) is 7.20. The molecular weight excluding hydrogens is 348 g/mol. The monoisotopic (exact) mass is 380 g/mol. The minimum atomic E-state index is 0.196. The summed E-state index contributed by atoms with van der Waals surface area (Å²) >= 11 is 0. The SMILES string of the molecule is CCNC(=NCC(c1ccccc1)c1ccccc1)NCC1CN(C)CCO1. The highest BCUT2D eigenvalue weighted by Crippen LogP contribution is 2.24. The summed E-state index contributed by atoms with van der Waals surface area (Å²) in [5.74, 6) is 1.08. The van der Waals surface area contributed by atoms with Crippen LogP contribution in [0.5, 0.6) is 0 Å². The lowest BCUT2D eigenvalue weighted by atomic mass is 9.91. The van der Waals surface area contributed by atoms with Crippen molar-refractivity contribution in [1.29, 1.82) is 0 Å². The number of morpholine rings is 1. The van der Waals surface area contributed by atoms with Crippen LogP contribution in [0, 0.1) is 0 Å². The minimum absolute atomic E-state index is 0.196. The maximum Gasteiger partial charge on any atom is 0.191 e. The summed E-state index contributed by atoms with van der Waals surface area (Å²) in [6.07, 6.45) is 0.196. The number of guanidine groups is 1. The van der Waals surface area contributed by atoms with E-state index >= 15 is 0 Å². The Morgan fingerprint density at radius 1 is 1.07 bits per heavy atom. The Morgan fingerprint density at radius 2 is 1.71 bits per heavy atom. The lowest BCUT2D eigenvalue weighted by Crippen LogP contribution is -2.48. The van der Waals surface area contributed by atoms with Crippen LogP contribution in [0.2, 0.25) is 0 Å². The van der Waals surface area contributed by atoms with Crippen LogP contribution in [-0.4, -0.2) is 63.3 Å². The Kier molecular flexibility index (Phi) is 7.88. The molecule has 28 heavy (non-hydrogen) atoms. The van der Waals surface area contributed by atoms with Crippen LogP contribution >= 0.6 is 0 Å². The predicted molar refractivity (Wildman–Crippen MR) is 116 cm³/mol. The van der Waals surface area contributed by atoms with Gasteiger partial charge in [-0.3, -0.25) is 4.99 Å². The molecule has 0 spiro atoms. The fourth-order valence-electron chi connectivity index (χ4n) is 3.50. The standard InChI is InChI=1S/C23H32N4O/c1-3-24-23(25-16-21-18-27(2)14-15-28-21)26-17-22(19-10-6-4-7-11-19)20-12-8-5-9-13-20/h4-13,21-22H,3,14-18H2,1-2H3,(H2,24,25,26). The number of likely N-dealkylation sites (N-methyl/N-ethyl adjacent to an activating group) is 1. The molecule has 2 aromatic carbocycles. The molecule has 0 aromatic heterocycles. The van der Waals surface area contributed by atoms with Crippen molar-refractivity contribution in [1.82, 2.24) is 15.5 Å². The first-order valence-corrected chi connectivity index (χ1v) is 10.2. The van der Waals surface area contributed by atoms with Gasteiger partial charge in [0.2, 0.25) is 0 Å². The fraction of sp³-hybridized carbons (Fsp3) is 0.435. The number of nitrogens with zero attached hydrogens (tertiary/aromatic N) is 2. The summed E-state index contributed by atoms with van der Waals surface area (Å²) in [6, 6.07) is 21.2. The summed E-state index contributed by atoms with van der Waals surface area (Å²) in [7, 11) is 2.14. The number of benzene rings is 2. The van der Waals surface area contributed by atoms with Crippen molar-refractivity contribution in [2.24, 2.45) is 4.99 Å². The van der Waals surface area contributed by atoms with Gasteiger partial charge in [0.1, 0.15) is 0 Å². The van der Waals surface area contributed by atoms with Gasteiger partial charge in [-0.15, -0.1) is 0 Å². The smallest absolute Gasteiger partial charge is 0.191 e. The lowest BCUT2D eigenvalue weighted by molar-refractivity contribution is -0.0161. The first-order valence-electron chi connectivity index (χ1n) is 10.2. The highest BCUT2D eigenvalue weighted by Gasteiger charge is 2.18. The quantitative estimate of drug-likeness (QED) is 0.573. The van der Waals surface area contributed by atoms with Gasteiger partial charge < -0.3 is 20.3 Å². The van der Waals surface area contributed by atoms with E-state index in [1.807, 2.05) is 0 Å². The largest absolute Gasteiger partial charge is 0.374 e. The third-order valence-electron chi connectivity index (χ3n) is 5.02. The number of rotatable bonds is 7. The van der Waals surface area contributed by atoms with Crippen LogP contribution in [0.25, 0.3) is 0 Å². The lowest BCUT2D eigenvalue weighted by Gasteiger charge is -2.30. The van der Waals surface area contributed by atoms with E-state index in [1.54, 1.807) is 0 Å². The second kappa shape index (κ2) is 10.8. The maximum absolute atomic E-state index is 5.85. The van der Waals surface area contributed by atoms with Gasteiger partial charge in [-0.2, -0.15) is 0 Å². The predicted octanol–water partition coefficient (Wildman–Crippen LogP) is 2.70. The van der Waals surface area contributed by atoms with Crippen LogP contribution < -0.4 is 10.6 Å². The molecule has 2 N–H and O–H groups in total. The van der Waals surface area contributed by atoms with Gasteiger partial charge in [-0.05, 0) is 25.1 Å². The number of nitrogens with one attached hydrogen (secondary N) is 2. The zero-order valence-corrected chi connectivity index (χ0v) is 17.0. The van der Waals surface area contributed by atoms with E-state index in [4.69, 9.17) is 9.73 Å². The van der Waals surface area contributed by atoms with Crippen LogP contribution in [-0.2, 0) is 4.74 Å². The molecule has 0 bridgehead atoms. The van der Waals surface area contributed by atoms with E-state index < -0.39 is 0 Å². The summed E-state index contributed by atoms with van der Waals surface area (Å²) < 4.78 is 5.85. The minimum Gasteiger partial charge on any atom is -0.374 e. The van der Waals surface area contributed by atoms with Crippen molar-refractivity contribution in [2.75, 3.05) is 46.4 Å². The molecule has 0 aliphatic carbocycles. The average Bonchev–Trinajstić information content (AvgIpc) is 2.74. The molecule has 1 unspecified atom stereocenters. The molecule has 1 heterocycles. The van der Waals surface area contributed by atoms with Gasteiger partial charge in [0, 0.05) is 32.1 Å². The van der Waals surface area contributed by atoms with Gasteiger partial charge in [0.05, 0.1) is 19.3 Å². The molecule has 5 heteroatoms. The zero-order chi connectivity index (χ0) is 19.6. The molecule has 3 rings (SSSR count). The molecular formula is C23H32N4O. The van der Waals surface area contributed by atoms with E-state index in [2.05, 4.69) is 90.2 Å². The number of aliphatic imine (C=N–C) groups is 1. The van der Waals surface area contributed by atoms with E-state index in [0.717, 1.165) is 38.7 Å². The molecule has 0 saturated carbocycles. The van der Waals surface area contributed by atoms with Crippen LogP contribution in [0.1, 0.15) is 24.0 Å². The van der Waals surface area contributed by atoms with Crippen LogP contribution in [0.3, 0.4) is 0 Å². The molecule has 5 nitrogen and oxygen atoms in total. The van der Waals surface area contributed by atoms with Crippen molar-refractivity contribution >= 4 is 5.96 Å². The Bertz CT molecular complexity index is 680. The van der Waals surface area contributed by atoms with Gasteiger partial charge in [-0.25, -0.2) is 0 Å². The zero-order valence-electron chi connectivity index (χ0n) is 17.0. The molecule has 1 aliphatic rings. The van der Waals surface area contributed by atoms with Gasteiger partial charge in [0.15, 0.2) is 5.96 Å². The fourth-order valence-corrected chi connectivity index (χ4v) is 3.50. The Labute approximate surface area is 168 Å². The first-order chi connectivity index (χ1) is 13.8. The number of hydrogen-bond donors (Lipinski definition) is 2. The molecule has 0 radical (unpaired) electrons. The summed E-state index contributed by atoms with van der Waals surface area (Å²) in [6.45, 7) is 7.11. The van der Waals surface area contributed by atoms with Crippen LogP contribution in [0.15, 0.2) is 65.7 Å². The summed E-state index contributed by atoms with van der Waals surface area (Å²) in [5, 5.41) is 6.82. The molecule has 1 saturated heterocycles. The molecule has 150 valence electrons. The second-order valence-electron chi connectivity index (χ2n) is 7.23. The van der Waals surface area contributed by atoms with Crippen molar-refractivity contribution in [3.8, 4) is 0 Å². The Balaban J connectivity index is 1.69. The third-order valence-corrected chi connectivity index (χ3v) is 5.02. The van der Waals surface area contributed by atoms with E-state index in [0.29, 0.717) is 6.54 Å². The molecule has 1 fully saturated rings. The van der Waals surface area contributed by atoms with E-state index in [-0.39, 0.29) is 12.0 Å². The topological polar surface area (TPSA) is 48.9 Å². The van der Waals surface area contributed by atoms with E-state index in [9.17, 15) is 0 Å². The van der Waals surface area contributed by atoms with Crippen molar-refractivity contribution in [3.63, 3.8) is 0 Å². The number of ether oxygens (including phenoxy) is 1. The van der Waals surface area contributed by atoms with Crippen molar-refractivity contribution in [2.45, 2.75) is 18.9 Å². The number of hydrogen-bond acceptors (Lipinski definition) is 3. The first kappa shape index (κ1) is 20.4. The van der Waals surface area contributed by atoms with Gasteiger partial charge in [0.25, 0.3) is 0 Å². The Hall–Kier alpha value is -2.37. The van der Waals surface area contributed by atoms with Crippen LogP contribution in [0.4, 0.5) is 0 Å². The molecule has 1 aliphatic heterocycles. The normalized spacial score (nSPS) is 18.2. The average molecular weight is 381 g/mol. The van der Waals surface area contributed by atoms with E-state index in [1.165, 1.54) is 11.1 Å². The third kappa shape index (κ3) is 6.08. The molecule has 0 amide bonds. The highest BCUT2D eigenvalue weighted by atomic mass is 16.5. The van der Waals surface area contributed by atoms with Gasteiger partial charge >= 0.3 is 0 Å². The summed E-state index contributed by atoms with van der Waals surface area (Å²) in [5.41, 5.74) is 2.57. The molecule has 2 aromatic rings. The Morgan fingerprint density at radius 3 is 2.29 bits per heavy atom.